The maximum absolute atomic E-state index is 12.4. The highest BCUT2D eigenvalue weighted by Crippen LogP contribution is 2.30. The molecule has 0 radical (unpaired) electrons. The van der Waals surface area contributed by atoms with E-state index in [2.05, 4.69) is 4.72 Å². The minimum atomic E-state index is -3.54. The van der Waals surface area contributed by atoms with E-state index in [1.54, 1.807) is 23.1 Å². The first-order chi connectivity index (χ1) is 10.5. The molecule has 7 heteroatoms. The first kappa shape index (κ1) is 15.5. The molecule has 1 saturated heterocycles. The Kier molecular flexibility index (Phi) is 4.20. The van der Waals surface area contributed by atoms with Gasteiger partial charge in [0, 0.05) is 32.3 Å². The monoisotopic (exact) mass is 324 g/mol. The first-order valence-electron chi connectivity index (χ1n) is 7.50. The maximum Gasteiger partial charge on any atom is 0.240 e. The van der Waals surface area contributed by atoms with E-state index >= 15 is 0 Å². The maximum atomic E-state index is 12.4. The molecule has 0 spiro atoms. The zero-order valence-corrected chi connectivity index (χ0v) is 13.4. The summed E-state index contributed by atoms with van der Waals surface area (Å²) in [6.45, 7) is 3.13. The normalized spacial score (nSPS) is 21.1. The summed E-state index contributed by atoms with van der Waals surface area (Å²) in [5.74, 6) is -0.0223. The van der Waals surface area contributed by atoms with Crippen LogP contribution in [-0.2, 0) is 26.0 Å². The van der Waals surface area contributed by atoms with Crippen molar-refractivity contribution in [1.29, 1.82) is 0 Å². The highest BCUT2D eigenvalue weighted by Gasteiger charge is 2.25. The van der Waals surface area contributed by atoms with Crippen LogP contribution in [0.4, 0.5) is 5.69 Å². The van der Waals surface area contributed by atoms with E-state index in [4.69, 9.17) is 4.74 Å². The molecule has 0 aliphatic carbocycles. The standard InChI is InChI=1S/C15H20N2O4S/c1-11(18)17-7-6-12-9-14(4-5-15(12)17)22(19,20)16-10-13-3-2-8-21-13/h4-5,9,13,16H,2-3,6-8,10H2,1H3/t13-/m0/s1. The summed E-state index contributed by atoms with van der Waals surface area (Å²) in [6, 6.07) is 4.93. The van der Waals surface area contributed by atoms with Gasteiger partial charge in [-0.1, -0.05) is 0 Å². The van der Waals surface area contributed by atoms with E-state index < -0.39 is 10.0 Å². The van der Waals surface area contributed by atoms with Crippen LogP contribution in [0.5, 0.6) is 0 Å². The van der Waals surface area contributed by atoms with Gasteiger partial charge in [-0.2, -0.15) is 0 Å². The average molecular weight is 324 g/mol. The third kappa shape index (κ3) is 3.02. The highest BCUT2D eigenvalue weighted by molar-refractivity contribution is 7.89. The number of sulfonamides is 1. The predicted molar refractivity (Wildman–Crippen MR) is 82.3 cm³/mol. The first-order valence-corrected chi connectivity index (χ1v) is 8.98. The van der Waals surface area contributed by atoms with E-state index in [1.165, 1.54) is 6.92 Å². The molecule has 22 heavy (non-hydrogen) atoms. The molecule has 1 aromatic rings. The van der Waals surface area contributed by atoms with Gasteiger partial charge in [-0.3, -0.25) is 4.79 Å². The van der Waals surface area contributed by atoms with Gasteiger partial charge >= 0.3 is 0 Å². The number of amides is 1. The fourth-order valence-electron chi connectivity index (χ4n) is 2.96. The van der Waals surface area contributed by atoms with Gasteiger partial charge in [-0.15, -0.1) is 0 Å². The second-order valence-corrected chi connectivity index (χ2v) is 7.47. The summed E-state index contributed by atoms with van der Waals surface area (Å²) in [7, 11) is -3.54. The SMILES string of the molecule is CC(=O)N1CCc2cc(S(=O)(=O)NC[C@@H]3CCCO3)ccc21. The third-order valence-corrected chi connectivity index (χ3v) is 5.58. The molecule has 1 atom stereocenters. The van der Waals surface area contributed by atoms with Gasteiger partial charge in [0.15, 0.2) is 0 Å². The van der Waals surface area contributed by atoms with Crippen molar-refractivity contribution in [2.24, 2.45) is 0 Å². The third-order valence-electron chi connectivity index (χ3n) is 4.16. The number of anilines is 1. The van der Waals surface area contributed by atoms with Crippen molar-refractivity contribution in [2.45, 2.75) is 37.2 Å². The molecule has 6 nitrogen and oxygen atoms in total. The summed E-state index contributed by atoms with van der Waals surface area (Å²) in [5.41, 5.74) is 1.71. The molecular weight excluding hydrogens is 304 g/mol. The molecule has 3 rings (SSSR count). The molecule has 1 amide bonds. The lowest BCUT2D eigenvalue weighted by Crippen LogP contribution is -2.31. The Balaban J connectivity index is 1.75. The van der Waals surface area contributed by atoms with Crippen molar-refractivity contribution < 1.29 is 17.9 Å². The summed E-state index contributed by atoms with van der Waals surface area (Å²) in [5, 5.41) is 0. The van der Waals surface area contributed by atoms with E-state index in [1.807, 2.05) is 0 Å². The number of nitrogens with zero attached hydrogens (tertiary/aromatic N) is 1. The lowest BCUT2D eigenvalue weighted by molar-refractivity contribution is -0.116. The fourth-order valence-corrected chi connectivity index (χ4v) is 4.08. The number of benzene rings is 1. The zero-order chi connectivity index (χ0) is 15.7. The van der Waals surface area contributed by atoms with Gasteiger partial charge in [0.1, 0.15) is 0 Å². The Morgan fingerprint density at radius 2 is 2.27 bits per heavy atom. The lowest BCUT2D eigenvalue weighted by Gasteiger charge is -2.15. The number of fused-ring (bicyclic) bond motifs is 1. The molecule has 2 aliphatic heterocycles. The Labute approximate surface area is 130 Å². The van der Waals surface area contributed by atoms with Crippen LogP contribution in [0, 0.1) is 0 Å². The smallest absolute Gasteiger partial charge is 0.240 e. The van der Waals surface area contributed by atoms with E-state index in [0.717, 1.165) is 24.1 Å². The molecule has 0 bridgehead atoms. The lowest BCUT2D eigenvalue weighted by atomic mass is 10.2. The molecule has 2 aliphatic rings. The number of rotatable bonds is 4. The summed E-state index contributed by atoms with van der Waals surface area (Å²) < 4.78 is 32.8. The number of ether oxygens (including phenoxy) is 1. The van der Waals surface area contributed by atoms with Gasteiger partial charge < -0.3 is 9.64 Å². The minimum Gasteiger partial charge on any atom is -0.377 e. The van der Waals surface area contributed by atoms with Crippen LogP contribution in [0.25, 0.3) is 0 Å². The van der Waals surface area contributed by atoms with E-state index in [0.29, 0.717) is 26.1 Å². The van der Waals surface area contributed by atoms with Crippen LogP contribution >= 0.6 is 0 Å². The Hall–Kier alpha value is -1.44. The quantitative estimate of drug-likeness (QED) is 0.898. The van der Waals surface area contributed by atoms with Crippen molar-refractivity contribution in [2.75, 3.05) is 24.6 Å². The number of carbonyl (C=O) groups is 1. The largest absolute Gasteiger partial charge is 0.377 e. The number of hydrogen-bond acceptors (Lipinski definition) is 4. The van der Waals surface area contributed by atoms with Crippen molar-refractivity contribution in [1.82, 2.24) is 4.72 Å². The van der Waals surface area contributed by atoms with E-state index in [9.17, 15) is 13.2 Å². The number of carbonyl (C=O) groups excluding carboxylic acids is 1. The van der Waals surface area contributed by atoms with Crippen molar-refractivity contribution in [3.8, 4) is 0 Å². The summed E-state index contributed by atoms with van der Waals surface area (Å²) >= 11 is 0. The summed E-state index contributed by atoms with van der Waals surface area (Å²) in [4.78, 5) is 13.4. The van der Waals surface area contributed by atoms with Gasteiger partial charge in [-0.05, 0) is 43.0 Å². The molecular formula is C15H20N2O4S. The van der Waals surface area contributed by atoms with E-state index in [-0.39, 0.29) is 16.9 Å². The molecule has 120 valence electrons. The Morgan fingerprint density at radius 1 is 1.45 bits per heavy atom. The number of nitrogens with one attached hydrogen (secondary N) is 1. The molecule has 1 N–H and O–H groups in total. The Morgan fingerprint density at radius 3 is 2.95 bits per heavy atom. The van der Waals surface area contributed by atoms with Crippen molar-refractivity contribution >= 4 is 21.6 Å². The molecule has 1 fully saturated rings. The average Bonchev–Trinajstić information content (AvgIpc) is 3.13. The van der Waals surface area contributed by atoms with Crippen molar-refractivity contribution in [3.63, 3.8) is 0 Å². The molecule has 2 heterocycles. The molecule has 0 saturated carbocycles. The second-order valence-electron chi connectivity index (χ2n) is 5.70. The minimum absolute atomic E-state index is 0.0223. The topological polar surface area (TPSA) is 75.7 Å². The van der Waals surface area contributed by atoms with Crippen LogP contribution in [-0.4, -0.2) is 40.1 Å². The van der Waals surface area contributed by atoms with Crippen LogP contribution in [0.2, 0.25) is 0 Å². The molecule has 0 aromatic heterocycles. The highest BCUT2D eigenvalue weighted by atomic mass is 32.2. The molecule has 0 unspecified atom stereocenters. The second kappa shape index (κ2) is 5.98. The van der Waals surface area contributed by atoms with Crippen LogP contribution < -0.4 is 9.62 Å². The predicted octanol–water partition coefficient (Wildman–Crippen LogP) is 1.05. The van der Waals surface area contributed by atoms with Crippen LogP contribution in [0.1, 0.15) is 25.3 Å². The van der Waals surface area contributed by atoms with Crippen LogP contribution in [0.15, 0.2) is 23.1 Å². The summed E-state index contributed by atoms with van der Waals surface area (Å²) in [6.07, 6.45) is 2.52. The van der Waals surface area contributed by atoms with Gasteiger partial charge in [0.25, 0.3) is 0 Å². The van der Waals surface area contributed by atoms with Gasteiger partial charge in [-0.25, -0.2) is 13.1 Å². The van der Waals surface area contributed by atoms with Gasteiger partial charge in [0.05, 0.1) is 11.0 Å². The number of hydrogen-bond donors (Lipinski definition) is 1. The molecule has 1 aromatic carbocycles. The Bertz CT molecular complexity index is 681. The van der Waals surface area contributed by atoms with Crippen molar-refractivity contribution in [3.05, 3.63) is 23.8 Å². The van der Waals surface area contributed by atoms with Crippen LogP contribution in [0.3, 0.4) is 0 Å². The van der Waals surface area contributed by atoms with Gasteiger partial charge in [0.2, 0.25) is 15.9 Å². The zero-order valence-electron chi connectivity index (χ0n) is 12.5. The fraction of sp³-hybridized carbons (Fsp3) is 0.533.